The maximum absolute atomic E-state index is 12.4. The van der Waals surface area contributed by atoms with E-state index in [0.717, 1.165) is 11.3 Å². The van der Waals surface area contributed by atoms with Gasteiger partial charge in [0.1, 0.15) is 0 Å². The molecule has 3 nitrogen and oxygen atoms in total. The normalized spacial score (nSPS) is 12.0. The number of halogens is 1. The molecule has 20 heavy (non-hydrogen) atoms. The lowest BCUT2D eigenvalue weighted by Gasteiger charge is -2.25. The number of hydrogen-bond acceptors (Lipinski definition) is 2. The minimum Gasteiger partial charge on any atom is -0.335 e. The predicted octanol–water partition coefficient (Wildman–Crippen LogP) is 3.88. The van der Waals surface area contributed by atoms with E-state index in [1.807, 2.05) is 44.2 Å². The minimum atomic E-state index is -0.0532. The molecule has 104 valence electrons. The molecule has 0 saturated carbocycles. The first kappa shape index (κ1) is 14.5. The van der Waals surface area contributed by atoms with Gasteiger partial charge in [-0.2, -0.15) is 0 Å². The van der Waals surface area contributed by atoms with Crippen LogP contribution in [0, 0.1) is 6.92 Å². The van der Waals surface area contributed by atoms with E-state index in [1.54, 1.807) is 24.2 Å². The third-order valence-electron chi connectivity index (χ3n) is 3.39. The summed E-state index contributed by atoms with van der Waals surface area (Å²) in [5.74, 6) is -0.0509. The van der Waals surface area contributed by atoms with Gasteiger partial charge in [0.05, 0.1) is 11.6 Å². The van der Waals surface area contributed by atoms with E-state index in [-0.39, 0.29) is 11.9 Å². The zero-order chi connectivity index (χ0) is 14.7. The lowest BCUT2D eigenvalue weighted by Crippen LogP contribution is -2.29. The number of rotatable bonds is 3. The number of aryl methyl sites for hydroxylation is 1. The fraction of sp³-hybridized carbons (Fsp3) is 0.250. The number of carbonyl (C=O) groups excluding carboxylic acids is 1. The van der Waals surface area contributed by atoms with Crippen LogP contribution in [0.1, 0.15) is 34.6 Å². The van der Waals surface area contributed by atoms with Crippen molar-refractivity contribution >= 4 is 17.5 Å². The molecule has 2 aromatic rings. The first-order valence-electron chi connectivity index (χ1n) is 6.44. The molecule has 0 bridgehead atoms. The molecule has 0 aliphatic carbocycles. The third-order valence-corrected chi connectivity index (χ3v) is 3.63. The maximum Gasteiger partial charge on any atom is 0.255 e. The fourth-order valence-corrected chi connectivity index (χ4v) is 2.16. The zero-order valence-electron chi connectivity index (χ0n) is 11.8. The van der Waals surface area contributed by atoms with Crippen LogP contribution >= 0.6 is 11.6 Å². The van der Waals surface area contributed by atoms with Crippen molar-refractivity contribution < 1.29 is 4.79 Å². The van der Waals surface area contributed by atoms with E-state index in [2.05, 4.69) is 4.98 Å². The number of carbonyl (C=O) groups is 1. The van der Waals surface area contributed by atoms with E-state index in [0.29, 0.717) is 10.6 Å². The van der Waals surface area contributed by atoms with Crippen LogP contribution in [0.4, 0.5) is 0 Å². The highest BCUT2D eigenvalue weighted by Crippen LogP contribution is 2.23. The minimum absolute atomic E-state index is 0.0509. The van der Waals surface area contributed by atoms with Crippen molar-refractivity contribution in [3.05, 3.63) is 64.4 Å². The summed E-state index contributed by atoms with van der Waals surface area (Å²) in [6, 6.07) is 11.1. The summed E-state index contributed by atoms with van der Waals surface area (Å²) >= 11 is 5.99. The van der Waals surface area contributed by atoms with Crippen LogP contribution in [0.15, 0.2) is 42.6 Å². The summed E-state index contributed by atoms with van der Waals surface area (Å²) in [5, 5.41) is 0.673. The van der Waals surface area contributed by atoms with Gasteiger partial charge in [-0.3, -0.25) is 9.78 Å². The number of amides is 1. The van der Waals surface area contributed by atoms with Gasteiger partial charge in [0.15, 0.2) is 0 Å². The van der Waals surface area contributed by atoms with Gasteiger partial charge in [0.25, 0.3) is 5.91 Å². The Bertz CT molecular complexity index is 610. The van der Waals surface area contributed by atoms with Crippen molar-refractivity contribution in [3.8, 4) is 0 Å². The molecular formula is C16H17ClN2O. The molecule has 4 heteroatoms. The number of nitrogens with zero attached hydrogens (tertiary/aromatic N) is 2. The van der Waals surface area contributed by atoms with Gasteiger partial charge in [-0.1, -0.05) is 23.7 Å². The van der Waals surface area contributed by atoms with Gasteiger partial charge in [-0.15, -0.1) is 0 Å². The standard InChI is InChI=1S/C16H17ClN2O/c1-11-7-8-14(10-18-11)16(20)19(3)12(2)13-5-4-6-15(17)9-13/h4-10,12H,1-3H3. The van der Waals surface area contributed by atoms with Gasteiger partial charge < -0.3 is 4.90 Å². The largest absolute Gasteiger partial charge is 0.335 e. The summed E-state index contributed by atoms with van der Waals surface area (Å²) in [6.45, 7) is 3.87. The predicted molar refractivity (Wildman–Crippen MR) is 80.9 cm³/mol. The molecule has 1 heterocycles. The average molecular weight is 289 g/mol. The highest BCUT2D eigenvalue weighted by molar-refractivity contribution is 6.30. The molecule has 1 unspecified atom stereocenters. The second-order valence-electron chi connectivity index (χ2n) is 4.84. The van der Waals surface area contributed by atoms with E-state index in [1.165, 1.54) is 0 Å². The van der Waals surface area contributed by atoms with Gasteiger partial charge in [-0.25, -0.2) is 0 Å². The highest BCUT2D eigenvalue weighted by Gasteiger charge is 2.19. The Morgan fingerprint density at radius 3 is 2.65 bits per heavy atom. The molecule has 1 aromatic heterocycles. The molecule has 0 radical (unpaired) electrons. The number of aromatic nitrogens is 1. The number of benzene rings is 1. The summed E-state index contributed by atoms with van der Waals surface area (Å²) in [6.07, 6.45) is 1.61. The molecule has 2 rings (SSSR count). The molecule has 1 amide bonds. The van der Waals surface area contributed by atoms with E-state index in [9.17, 15) is 4.79 Å². The molecular weight excluding hydrogens is 272 g/mol. The summed E-state index contributed by atoms with van der Waals surface area (Å²) in [4.78, 5) is 18.3. The second kappa shape index (κ2) is 6.06. The average Bonchev–Trinajstić information content (AvgIpc) is 2.46. The van der Waals surface area contributed by atoms with Gasteiger partial charge in [0, 0.05) is 24.0 Å². The third kappa shape index (κ3) is 3.17. The zero-order valence-corrected chi connectivity index (χ0v) is 12.6. The Morgan fingerprint density at radius 2 is 2.05 bits per heavy atom. The van der Waals surface area contributed by atoms with Crippen molar-refractivity contribution in [3.63, 3.8) is 0 Å². The highest BCUT2D eigenvalue weighted by atomic mass is 35.5. The second-order valence-corrected chi connectivity index (χ2v) is 5.27. The maximum atomic E-state index is 12.4. The Hall–Kier alpha value is -1.87. The monoisotopic (exact) mass is 288 g/mol. The molecule has 1 atom stereocenters. The van der Waals surface area contributed by atoms with Crippen LogP contribution in [0.2, 0.25) is 5.02 Å². The van der Waals surface area contributed by atoms with Crippen molar-refractivity contribution in [1.82, 2.24) is 9.88 Å². The van der Waals surface area contributed by atoms with Crippen LogP contribution in [0.25, 0.3) is 0 Å². The SMILES string of the molecule is Cc1ccc(C(=O)N(C)C(C)c2cccc(Cl)c2)cn1. The number of hydrogen-bond donors (Lipinski definition) is 0. The molecule has 0 aliphatic rings. The van der Waals surface area contributed by atoms with E-state index >= 15 is 0 Å². The fourth-order valence-electron chi connectivity index (χ4n) is 1.96. The first-order chi connectivity index (χ1) is 9.49. The van der Waals surface area contributed by atoms with Crippen molar-refractivity contribution in [2.24, 2.45) is 0 Å². The van der Waals surface area contributed by atoms with Crippen LogP contribution < -0.4 is 0 Å². The molecule has 1 aromatic carbocycles. The van der Waals surface area contributed by atoms with Crippen LogP contribution in [-0.4, -0.2) is 22.8 Å². The lowest BCUT2D eigenvalue weighted by molar-refractivity contribution is 0.0742. The molecule has 0 N–H and O–H groups in total. The lowest BCUT2D eigenvalue weighted by atomic mass is 10.1. The topological polar surface area (TPSA) is 33.2 Å². The Balaban J connectivity index is 2.20. The van der Waals surface area contributed by atoms with Gasteiger partial charge in [0.2, 0.25) is 0 Å². The van der Waals surface area contributed by atoms with Crippen molar-refractivity contribution in [2.45, 2.75) is 19.9 Å². The molecule has 0 aliphatic heterocycles. The van der Waals surface area contributed by atoms with Gasteiger partial charge in [-0.05, 0) is 43.7 Å². The Morgan fingerprint density at radius 1 is 1.30 bits per heavy atom. The summed E-state index contributed by atoms with van der Waals surface area (Å²) in [5.41, 5.74) is 2.49. The Kier molecular flexibility index (Phi) is 4.40. The molecule has 0 fully saturated rings. The first-order valence-corrected chi connectivity index (χ1v) is 6.82. The van der Waals surface area contributed by atoms with Crippen molar-refractivity contribution in [2.75, 3.05) is 7.05 Å². The van der Waals surface area contributed by atoms with Gasteiger partial charge >= 0.3 is 0 Å². The van der Waals surface area contributed by atoms with Crippen LogP contribution in [-0.2, 0) is 0 Å². The van der Waals surface area contributed by atoms with E-state index in [4.69, 9.17) is 11.6 Å². The van der Waals surface area contributed by atoms with E-state index < -0.39 is 0 Å². The van der Waals surface area contributed by atoms with Crippen LogP contribution in [0.3, 0.4) is 0 Å². The van der Waals surface area contributed by atoms with Crippen molar-refractivity contribution in [1.29, 1.82) is 0 Å². The quantitative estimate of drug-likeness (QED) is 0.859. The Labute approximate surface area is 124 Å². The van der Waals surface area contributed by atoms with Crippen LogP contribution in [0.5, 0.6) is 0 Å². The summed E-state index contributed by atoms with van der Waals surface area (Å²) in [7, 11) is 1.79. The summed E-state index contributed by atoms with van der Waals surface area (Å²) < 4.78 is 0. The molecule has 0 spiro atoms. The molecule has 0 saturated heterocycles. The smallest absolute Gasteiger partial charge is 0.255 e. The number of pyridine rings is 1.